The third-order valence-corrected chi connectivity index (χ3v) is 5.45. The van der Waals surface area contributed by atoms with Crippen LogP contribution in [-0.4, -0.2) is 90.4 Å². The minimum absolute atomic E-state index is 0. The van der Waals surface area contributed by atoms with Crippen LogP contribution in [0.1, 0.15) is 26.3 Å². The lowest BCUT2D eigenvalue weighted by molar-refractivity contribution is -0.217. The average molecular weight is 586 g/mol. The molecule has 0 N–H and O–H groups in total. The Bertz CT molecular complexity index is 782. The molecule has 0 radical (unpaired) electrons. The molecule has 0 bridgehead atoms. The highest BCUT2D eigenvalue weighted by molar-refractivity contribution is 8.93. The van der Waals surface area contributed by atoms with Crippen LogP contribution < -0.4 is 0 Å². The summed E-state index contributed by atoms with van der Waals surface area (Å²) in [6.45, 7) is 7.42. The predicted octanol–water partition coefficient (Wildman–Crippen LogP) is 2.73. The third kappa shape index (κ3) is 11.3. The van der Waals surface area contributed by atoms with Gasteiger partial charge in [0.1, 0.15) is 0 Å². The molecule has 192 valence electrons. The van der Waals surface area contributed by atoms with Crippen LogP contribution in [0.5, 0.6) is 0 Å². The van der Waals surface area contributed by atoms with E-state index in [0.717, 1.165) is 5.56 Å². The second-order valence-corrected chi connectivity index (χ2v) is 8.33. The van der Waals surface area contributed by atoms with Crippen LogP contribution >= 0.6 is 40.2 Å². The Morgan fingerprint density at radius 2 is 1.03 bits per heavy atom. The van der Waals surface area contributed by atoms with Crippen LogP contribution in [0.3, 0.4) is 0 Å². The molecule has 1 fully saturated rings. The van der Waals surface area contributed by atoms with Gasteiger partial charge in [-0.25, -0.2) is 0 Å². The number of benzene rings is 1. The highest BCUT2D eigenvalue weighted by Gasteiger charge is 2.21. The monoisotopic (exact) mass is 584 g/mol. The summed E-state index contributed by atoms with van der Waals surface area (Å²) < 4.78 is 0. The van der Waals surface area contributed by atoms with E-state index in [-0.39, 0.29) is 30.1 Å². The van der Waals surface area contributed by atoms with Crippen molar-refractivity contribution >= 4 is 58.1 Å². The predicted molar refractivity (Wildman–Crippen MR) is 132 cm³/mol. The van der Waals surface area contributed by atoms with Gasteiger partial charge >= 0.3 is 17.9 Å². The first-order chi connectivity index (χ1) is 15.6. The number of hydrogen-bond acceptors (Lipinski definition) is 10. The average Bonchev–Trinajstić information content (AvgIpc) is 2.71. The van der Waals surface area contributed by atoms with Gasteiger partial charge in [-0.3, -0.25) is 19.3 Å². The Hall–Kier alpha value is -1.47. The van der Waals surface area contributed by atoms with Crippen molar-refractivity contribution in [3.63, 3.8) is 0 Å². The van der Waals surface area contributed by atoms with Crippen molar-refractivity contribution in [1.29, 1.82) is 0 Å². The zero-order chi connectivity index (χ0) is 24.4. The molecule has 13 heteroatoms. The number of halogens is 3. The summed E-state index contributed by atoms with van der Waals surface area (Å²) in [5.74, 6) is -1.35. The van der Waals surface area contributed by atoms with E-state index in [4.69, 9.17) is 37.7 Å². The first kappa shape index (κ1) is 30.6. The Kier molecular flexibility index (Phi) is 13.9. The van der Waals surface area contributed by atoms with Crippen LogP contribution in [0.25, 0.3) is 0 Å². The topological polar surface area (TPSA) is 91.9 Å². The van der Waals surface area contributed by atoms with Crippen molar-refractivity contribution < 1.29 is 28.9 Å². The molecule has 0 aromatic heterocycles. The number of nitrogens with zero attached hydrogens (tertiary/aromatic N) is 4. The van der Waals surface area contributed by atoms with E-state index in [1.54, 1.807) is 18.2 Å². The molecule has 1 aliphatic rings. The highest BCUT2D eigenvalue weighted by Crippen LogP contribution is 2.25. The summed E-state index contributed by atoms with van der Waals surface area (Å²) in [4.78, 5) is 52.7. The molecular formula is C21H31BrCl2N4O6. The van der Waals surface area contributed by atoms with E-state index < -0.39 is 17.9 Å². The lowest BCUT2D eigenvalue weighted by Gasteiger charge is -2.32. The number of hydrogen-bond donors (Lipinski definition) is 0. The molecule has 10 nitrogen and oxygen atoms in total. The quantitative estimate of drug-likeness (QED) is 0.513. The molecule has 0 spiro atoms. The zero-order valence-electron chi connectivity index (χ0n) is 19.5. The molecule has 1 heterocycles. The standard InChI is InChI=1S/C21H30Cl2N4O6.BrH/c1-16(28)31-25-9-7-24(15-19-20(22)5-4-6-21(19)23)8-10-26(32-17(2)29)12-14-27(13-11-25)33-18(3)30;/h4-6H,7-15H2,1-3H3;1H. The van der Waals surface area contributed by atoms with Gasteiger partial charge in [-0.05, 0) is 12.1 Å². The van der Waals surface area contributed by atoms with Crippen LogP contribution in [-0.2, 0) is 35.4 Å². The number of carbonyl (C=O) groups is 3. The molecule has 0 unspecified atom stereocenters. The number of hydroxylamine groups is 6. The molecule has 1 aromatic carbocycles. The van der Waals surface area contributed by atoms with E-state index in [9.17, 15) is 14.4 Å². The molecule has 34 heavy (non-hydrogen) atoms. The van der Waals surface area contributed by atoms with E-state index in [1.807, 2.05) is 0 Å². The number of rotatable bonds is 5. The molecule has 0 saturated carbocycles. The van der Waals surface area contributed by atoms with Crippen molar-refractivity contribution in [3.8, 4) is 0 Å². The van der Waals surface area contributed by atoms with E-state index in [0.29, 0.717) is 55.9 Å². The Morgan fingerprint density at radius 3 is 1.35 bits per heavy atom. The van der Waals surface area contributed by atoms with Crippen LogP contribution in [0.4, 0.5) is 0 Å². The molecule has 0 amide bonds. The second kappa shape index (κ2) is 15.5. The smallest absolute Gasteiger partial charge is 0.322 e. The fourth-order valence-electron chi connectivity index (χ4n) is 3.28. The van der Waals surface area contributed by atoms with E-state index in [1.165, 1.54) is 36.0 Å². The molecule has 2 rings (SSSR count). The third-order valence-electron chi connectivity index (χ3n) is 4.75. The lowest BCUT2D eigenvalue weighted by Crippen LogP contribution is -2.46. The molecule has 1 aliphatic heterocycles. The molecule has 0 atom stereocenters. The van der Waals surface area contributed by atoms with Crippen LogP contribution in [0.2, 0.25) is 10.0 Å². The Morgan fingerprint density at radius 1 is 0.706 bits per heavy atom. The van der Waals surface area contributed by atoms with Gasteiger partial charge in [-0.2, -0.15) is 0 Å². The maximum atomic E-state index is 11.6. The molecule has 1 saturated heterocycles. The fourth-order valence-corrected chi connectivity index (χ4v) is 3.80. The van der Waals surface area contributed by atoms with Gasteiger partial charge in [0, 0.05) is 69.1 Å². The normalized spacial score (nSPS) is 17.6. The highest BCUT2D eigenvalue weighted by atomic mass is 79.9. The van der Waals surface area contributed by atoms with Gasteiger partial charge in [-0.1, -0.05) is 29.3 Å². The molecule has 1 aromatic rings. The van der Waals surface area contributed by atoms with Gasteiger partial charge in [0.25, 0.3) is 0 Å². The van der Waals surface area contributed by atoms with Crippen molar-refractivity contribution in [3.05, 3.63) is 33.8 Å². The van der Waals surface area contributed by atoms with Crippen LogP contribution in [0.15, 0.2) is 18.2 Å². The number of carbonyl (C=O) groups excluding carboxylic acids is 3. The first-order valence-corrected chi connectivity index (χ1v) is 11.3. The summed E-state index contributed by atoms with van der Waals surface area (Å²) >= 11 is 12.7. The van der Waals surface area contributed by atoms with Gasteiger partial charge in [-0.15, -0.1) is 32.2 Å². The zero-order valence-corrected chi connectivity index (χ0v) is 22.7. The van der Waals surface area contributed by atoms with Crippen molar-refractivity contribution in [2.24, 2.45) is 0 Å². The lowest BCUT2D eigenvalue weighted by atomic mass is 10.2. The summed E-state index contributed by atoms with van der Waals surface area (Å²) in [6, 6.07) is 5.34. The fraction of sp³-hybridized carbons (Fsp3) is 0.571. The van der Waals surface area contributed by atoms with Gasteiger partial charge in [0.2, 0.25) is 0 Å². The Labute approximate surface area is 220 Å². The minimum atomic E-state index is -0.469. The largest absolute Gasteiger partial charge is 0.368 e. The van der Waals surface area contributed by atoms with Crippen molar-refractivity contribution in [2.45, 2.75) is 27.3 Å². The maximum Gasteiger partial charge on any atom is 0.322 e. The van der Waals surface area contributed by atoms with Gasteiger partial charge in [0.15, 0.2) is 0 Å². The van der Waals surface area contributed by atoms with Crippen LogP contribution in [0, 0.1) is 0 Å². The van der Waals surface area contributed by atoms with E-state index >= 15 is 0 Å². The SMILES string of the molecule is Br.CC(=O)ON1CCN(Cc2c(Cl)cccc2Cl)CCN(OC(C)=O)CCN(OC(C)=O)CC1. The van der Waals surface area contributed by atoms with Crippen molar-refractivity contribution in [1.82, 2.24) is 20.1 Å². The first-order valence-electron chi connectivity index (χ1n) is 10.6. The van der Waals surface area contributed by atoms with Crippen molar-refractivity contribution in [2.75, 3.05) is 52.4 Å². The summed E-state index contributed by atoms with van der Waals surface area (Å²) in [5, 5.41) is 5.63. The second-order valence-electron chi connectivity index (χ2n) is 7.51. The minimum Gasteiger partial charge on any atom is -0.368 e. The molecular weight excluding hydrogens is 555 g/mol. The summed E-state index contributed by atoms with van der Waals surface area (Å²) in [7, 11) is 0. The summed E-state index contributed by atoms with van der Waals surface area (Å²) in [6.07, 6.45) is 0. The van der Waals surface area contributed by atoms with Gasteiger partial charge < -0.3 is 14.5 Å². The van der Waals surface area contributed by atoms with E-state index in [2.05, 4.69) is 4.90 Å². The van der Waals surface area contributed by atoms with Gasteiger partial charge in [0.05, 0.1) is 26.2 Å². The summed E-state index contributed by atoms with van der Waals surface area (Å²) in [5.41, 5.74) is 0.784. The molecule has 0 aliphatic carbocycles. The Balaban J connectivity index is 0.00000578. The maximum absolute atomic E-state index is 11.6.